The van der Waals surface area contributed by atoms with Crippen molar-refractivity contribution in [3.8, 4) is 0 Å². The summed E-state index contributed by atoms with van der Waals surface area (Å²) in [6.07, 6.45) is 4.02. The van der Waals surface area contributed by atoms with Crippen LogP contribution >= 0.6 is 11.8 Å². The molecule has 2 N–H and O–H groups in total. The van der Waals surface area contributed by atoms with E-state index in [1.807, 2.05) is 6.92 Å². The number of hydrogen-bond acceptors (Lipinski definition) is 5. The summed E-state index contributed by atoms with van der Waals surface area (Å²) in [7, 11) is 0. The molecule has 6 nitrogen and oxygen atoms in total. The Kier molecular flexibility index (Phi) is 6.02. The molecule has 0 spiro atoms. The normalized spacial score (nSPS) is 9.71. The number of thioether (sulfide) groups is 1. The van der Waals surface area contributed by atoms with Crippen molar-refractivity contribution < 1.29 is 9.59 Å². The molecule has 0 saturated heterocycles. The van der Waals surface area contributed by atoms with Crippen molar-refractivity contribution in [1.29, 1.82) is 0 Å². The van der Waals surface area contributed by atoms with Crippen LogP contribution in [-0.2, 0) is 4.79 Å². The standard InChI is InChI=1S/C10H14N4O2S/c1-2-4-11-9(16)14-8(15)7-17-10-12-5-3-6-13-10/h3,5-6H,2,4,7H2,1H3,(H2,11,14,15,16). The van der Waals surface area contributed by atoms with E-state index < -0.39 is 6.03 Å². The number of urea groups is 1. The van der Waals surface area contributed by atoms with Gasteiger partial charge in [0, 0.05) is 18.9 Å². The van der Waals surface area contributed by atoms with Gasteiger partial charge in [0.15, 0.2) is 5.16 Å². The van der Waals surface area contributed by atoms with E-state index in [2.05, 4.69) is 20.6 Å². The van der Waals surface area contributed by atoms with Crippen molar-refractivity contribution in [2.45, 2.75) is 18.5 Å². The van der Waals surface area contributed by atoms with Crippen LogP contribution in [0.4, 0.5) is 4.79 Å². The molecule has 0 saturated carbocycles. The van der Waals surface area contributed by atoms with Crippen molar-refractivity contribution in [2.24, 2.45) is 0 Å². The van der Waals surface area contributed by atoms with Crippen molar-refractivity contribution >= 4 is 23.7 Å². The first-order chi connectivity index (χ1) is 8.22. The molecule has 7 heteroatoms. The van der Waals surface area contributed by atoms with Gasteiger partial charge in [-0.25, -0.2) is 14.8 Å². The number of nitrogens with zero attached hydrogens (tertiary/aromatic N) is 2. The maximum absolute atomic E-state index is 11.3. The van der Waals surface area contributed by atoms with Crippen LogP contribution in [0.15, 0.2) is 23.6 Å². The molecular formula is C10H14N4O2S. The van der Waals surface area contributed by atoms with E-state index in [0.29, 0.717) is 11.7 Å². The second-order valence-electron chi connectivity index (χ2n) is 3.12. The van der Waals surface area contributed by atoms with E-state index in [-0.39, 0.29) is 11.7 Å². The van der Waals surface area contributed by atoms with Crippen LogP contribution in [0, 0.1) is 0 Å². The molecule has 17 heavy (non-hydrogen) atoms. The third-order valence-electron chi connectivity index (χ3n) is 1.66. The minimum atomic E-state index is -0.466. The SMILES string of the molecule is CCCNC(=O)NC(=O)CSc1ncccn1. The Morgan fingerprint density at radius 3 is 2.71 bits per heavy atom. The summed E-state index contributed by atoms with van der Waals surface area (Å²) >= 11 is 1.18. The number of carbonyl (C=O) groups excluding carboxylic acids is 2. The Morgan fingerprint density at radius 2 is 2.06 bits per heavy atom. The predicted molar refractivity (Wildman–Crippen MR) is 64.6 cm³/mol. The van der Waals surface area contributed by atoms with Crippen LogP contribution in [0.1, 0.15) is 13.3 Å². The molecule has 0 unspecified atom stereocenters. The van der Waals surface area contributed by atoms with Crippen LogP contribution in [0.5, 0.6) is 0 Å². The second kappa shape index (κ2) is 7.61. The molecule has 3 amide bonds. The lowest BCUT2D eigenvalue weighted by atomic mass is 10.5. The number of hydrogen-bond donors (Lipinski definition) is 2. The number of rotatable bonds is 5. The molecule has 1 rings (SSSR count). The van der Waals surface area contributed by atoms with E-state index >= 15 is 0 Å². The predicted octanol–water partition coefficient (Wildman–Crippen LogP) is 0.804. The van der Waals surface area contributed by atoms with Gasteiger partial charge < -0.3 is 5.32 Å². The number of carbonyl (C=O) groups is 2. The van der Waals surface area contributed by atoms with Gasteiger partial charge in [0.05, 0.1) is 5.75 Å². The lowest BCUT2D eigenvalue weighted by molar-refractivity contribution is -0.117. The molecule has 0 radical (unpaired) electrons. The molecule has 1 aromatic rings. The molecule has 0 bridgehead atoms. The first kappa shape index (κ1) is 13.4. The van der Waals surface area contributed by atoms with Crippen LogP contribution in [0.2, 0.25) is 0 Å². The number of amides is 3. The van der Waals surface area contributed by atoms with E-state index in [1.165, 1.54) is 11.8 Å². The monoisotopic (exact) mass is 254 g/mol. The summed E-state index contributed by atoms with van der Waals surface area (Å²) in [4.78, 5) is 30.4. The molecule has 1 heterocycles. The molecule has 1 aromatic heterocycles. The summed E-state index contributed by atoms with van der Waals surface area (Å²) in [6, 6.07) is 1.23. The molecule has 92 valence electrons. The fraction of sp³-hybridized carbons (Fsp3) is 0.400. The zero-order chi connectivity index (χ0) is 12.5. The molecule has 0 fully saturated rings. The maximum atomic E-state index is 11.3. The average molecular weight is 254 g/mol. The highest BCUT2D eigenvalue weighted by molar-refractivity contribution is 7.99. The van der Waals surface area contributed by atoms with Gasteiger partial charge in [0.1, 0.15) is 0 Å². The Labute approximate surface area is 104 Å². The van der Waals surface area contributed by atoms with Gasteiger partial charge >= 0.3 is 6.03 Å². The Balaban J connectivity index is 2.24. The molecule has 0 atom stereocenters. The second-order valence-corrected chi connectivity index (χ2v) is 4.07. The molecule has 0 aliphatic heterocycles. The summed E-state index contributed by atoms with van der Waals surface area (Å²) < 4.78 is 0. The van der Waals surface area contributed by atoms with Crippen molar-refractivity contribution in [2.75, 3.05) is 12.3 Å². The highest BCUT2D eigenvalue weighted by Crippen LogP contribution is 2.09. The van der Waals surface area contributed by atoms with E-state index in [1.54, 1.807) is 18.5 Å². The summed E-state index contributed by atoms with van der Waals surface area (Å²) in [6.45, 7) is 2.48. The van der Waals surface area contributed by atoms with Gasteiger partial charge in [-0.2, -0.15) is 0 Å². The fourth-order valence-electron chi connectivity index (χ4n) is 0.935. The van der Waals surface area contributed by atoms with Gasteiger partial charge in [-0.1, -0.05) is 18.7 Å². The zero-order valence-electron chi connectivity index (χ0n) is 9.47. The average Bonchev–Trinajstić information content (AvgIpc) is 2.35. The van der Waals surface area contributed by atoms with E-state index in [0.717, 1.165) is 6.42 Å². The third kappa shape index (κ3) is 5.86. The van der Waals surface area contributed by atoms with Gasteiger partial charge in [-0.15, -0.1) is 0 Å². The molecule has 0 aromatic carbocycles. The van der Waals surface area contributed by atoms with Crippen LogP contribution < -0.4 is 10.6 Å². The minimum absolute atomic E-state index is 0.115. The number of nitrogens with one attached hydrogen (secondary N) is 2. The first-order valence-corrected chi connectivity index (χ1v) is 6.18. The van der Waals surface area contributed by atoms with Crippen LogP contribution in [0.3, 0.4) is 0 Å². The van der Waals surface area contributed by atoms with Gasteiger partial charge in [-0.3, -0.25) is 10.1 Å². The highest BCUT2D eigenvalue weighted by Gasteiger charge is 2.07. The Morgan fingerprint density at radius 1 is 1.35 bits per heavy atom. The van der Waals surface area contributed by atoms with Gasteiger partial charge in [0.25, 0.3) is 0 Å². The maximum Gasteiger partial charge on any atom is 0.321 e. The minimum Gasteiger partial charge on any atom is -0.338 e. The largest absolute Gasteiger partial charge is 0.338 e. The first-order valence-electron chi connectivity index (χ1n) is 5.20. The molecule has 0 aliphatic rings. The van der Waals surface area contributed by atoms with E-state index in [9.17, 15) is 9.59 Å². The fourth-order valence-corrected chi connectivity index (χ4v) is 1.54. The van der Waals surface area contributed by atoms with Gasteiger partial charge in [0.2, 0.25) is 5.91 Å². The topological polar surface area (TPSA) is 84.0 Å². The highest BCUT2D eigenvalue weighted by atomic mass is 32.2. The Bertz CT molecular complexity index is 372. The van der Waals surface area contributed by atoms with Crippen molar-refractivity contribution in [3.05, 3.63) is 18.5 Å². The summed E-state index contributed by atoms with van der Waals surface area (Å²) in [5, 5.41) is 5.28. The lowest BCUT2D eigenvalue weighted by Gasteiger charge is -2.04. The summed E-state index contributed by atoms with van der Waals surface area (Å²) in [5.74, 6) is -0.250. The molecular weight excluding hydrogens is 240 g/mol. The van der Waals surface area contributed by atoms with Crippen molar-refractivity contribution in [3.63, 3.8) is 0 Å². The quantitative estimate of drug-likeness (QED) is 0.600. The number of aromatic nitrogens is 2. The summed E-state index contributed by atoms with van der Waals surface area (Å²) in [5.41, 5.74) is 0. The van der Waals surface area contributed by atoms with Crippen LogP contribution in [-0.4, -0.2) is 34.2 Å². The zero-order valence-corrected chi connectivity index (χ0v) is 10.3. The van der Waals surface area contributed by atoms with E-state index in [4.69, 9.17) is 0 Å². The van der Waals surface area contributed by atoms with Crippen LogP contribution in [0.25, 0.3) is 0 Å². The van der Waals surface area contributed by atoms with Crippen molar-refractivity contribution in [1.82, 2.24) is 20.6 Å². The molecule has 0 aliphatic carbocycles. The lowest BCUT2D eigenvalue weighted by Crippen LogP contribution is -2.40. The van der Waals surface area contributed by atoms with Gasteiger partial charge in [-0.05, 0) is 12.5 Å². The third-order valence-corrected chi connectivity index (χ3v) is 2.54. The smallest absolute Gasteiger partial charge is 0.321 e. The number of imide groups is 1. The Hall–Kier alpha value is -1.63.